The van der Waals surface area contributed by atoms with Crippen LogP contribution in [0.4, 0.5) is 0 Å². The van der Waals surface area contributed by atoms with Gasteiger partial charge in [0.05, 0.1) is 0 Å². The van der Waals surface area contributed by atoms with E-state index in [4.69, 9.17) is 4.98 Å². The van der Waals surface area contributed by atoms with Gasteiger partial charge in [-0.3, -0.25) is 0 Å². The first kappa shape index (κ1) is 23.8. The first-order valence-corrected chi connectivity index (χ1v) is 17.4. The summed E-state index contributed by atoms with van der Waals surface area (Å²) in [5.41, 5.74) is 5.29. The minimum atomic E-state index is -2.55. The van der Waals surface area contributed by atoms with Gasteiger partial charge in [0.1, 0.15) is 0 Å². The summed E-state index contributed by atoms with van der Waals surface area (Å²) in [6.45, 7) is 9.19. The van der Waals surface area contributed by atoms with Crippen LogP contribution in [0.3, 0.4) is 0 Å². The van der Waals surface area contributed by atoms with Crippen LogP contribution in [0.25, 0.3) is 22.0 Å². The summed E-state index contributed by atoms with van der Waals surface area (Å²) in [6.07, 6.45) is 2.02. The van der Waals surface area contributed by atoms with E-state index in [0.29, 0.717) is 0 Å². The molecule has 5 rings (SSSR count). The van der Waals surface area contributed by atoms with Gasteiger partial charge in [0.15, 0.2) is 0 Å². The van der Waals surface area contributed by atoms with Gasteiger partial charge in [-0.2, -0.15) is 0 Å². The van der Waals surface area contributed by atoms with Crippen LogP contribution in [-0.2, 0) is 12.5 Å². The van der Waals surface area contributed by atoms with E-state index < -0.39 is 21.8 Å². The molecule has 0 fully saturated rings. The molecule has 5 aromatic rings. The average molecular weight is 654 g/mol. The molecular formula is C32H32BiN2+. The monoisotopic (exact) mass is 653 g/mol. The predicted octanol–water partition coefficient (Wildman–Crippen LogP) is 4.85. The van der Waals surface area contributed by atoms with Gasteiger partial charge in [0.25, 0.3) is 0 Å². The van der Waals surface area contributed by atoms with Crippen LogP contribution in [0, 0.1) is 6.92 Å². The van der Waals surface area contributed by atoms with Crippen LogP contribution in [0.15, 0.2) is 103 Å². The van der Waals surface area contributed by atoms with Crippen molar-refractivity contribution in [1.82, 2.24) is 4.98 Å². The van der Waals surface area contributed by atoms with Crippen LogP contribution in [0.1, 0.15) is 31.9 Å². The molecule has 0 spiro atoms. The second kappa shape index (κ2) is 9.63. The second-order valence-electron chi connectivity index (χ2n) is 10.1. The van der Waals surface area contributed by atoms with Crippen LogP contribution in [0.2, 0.25) is 0 Å². The molecule has 1 aromatic heterocycles. The third kappa shape index (κ3) is 4.67. The van der Waals surface area contributed by atoms with Crippen molar-refractivity contribution >= 4 is 42.5 Å². The Hall–Kier alpha value is -2.90. The molecule has 0 atom stereocenters. The molecule has 0 amide bonds. The standard InChI is InChI=1S/C20H22N2.2C6H5.Bi/c1-14-15-8-6-7-9-16(15)18(20(2,3)4)12-17(14)19-10-11-21-13-22(19)5;2*1-2-4-6-5-3-1;/h6-10,12-13H,1-5H3;2*1-5H;/q+1;;;. The molecule has 4 aromatic carbocycles. The van der Waals surface area contributed by atoms with Gasteiger partial charge in [-0.1, -0.05) is 0 Å². The van der Waals surface area contributed by atoms with Crippen LogP contribution in [0.5, 0.6) is 0 Å². The van der Waals surface area contributed by atoms with Gasteiger partial charge in [0, 0.05) is 0 Å². The SMILES string of the molecule is Cc1c(-c2c[c]([Bi]([c]3ccccc3)[c]3ccccc3)nc[n+]2C)cc(C(C)(C)C)c2ccccc12. The molecule has 0 bridgehead atoms. The Morgan fingerprint density at radius 2 is 1.26 bits per heavy atom. The molecule has 3 heteroatoms. The number of fused-ring (bicyclic) bond motifs is 1. The van der Waals surface area contributed by atoms with E-state index in [2.05, 4.69) is 136 Å². The topological polar surface area (TPSA) is 16.8 Å². The number of aromatic nitrogens is 2. The summed E-state index contributed by atoms with van der Waals surface area (Å²) in [6, 6.07) is 35.6. The molecule has 0 saturated heterocycles. The maximum absolute atomic E-state index is 5.03. The van der Waals surface area contributed by atoms with Crippen LogP contribution in [-0.4, -0.2) is 26.7 Å². The number of hydrogen-bond acceptors (Lipinski definition) is 1. The van der Waals surface area contributed by atoms with Crippen molar-refractivity contribution in [1.29, 1.82) is 0 Å². The first-order valence-electron chi connectivity index (χ1n) is 12.1. The number of hydrogen-bond donors (Lipinski definition) is 0. The normalized spacial score (nSPS) is 11.8. The fourth-order valence-electron chi connectivity index (χ4n) is 4.83. The number of benzene rings is 4. The first-order chi connectivity index (χ1) is 16.8. The third-order valence-electron chi connectivity index (χ3n) is 6.66. The summed E-state index contributed by atoms with van der Waals surface area (Å²) >= 11 is -2.55. The molecule has 35 heavy (non-hydrogen) atoms. The van der Waals surface area contributed by atoms with Crippen molar-refractivity contribution in [2.45, 2.75) is 33.1 Å². The van der Waals surface area contributed by atoms with Gasteiger partial charge in [-0.05, 0) is 0 Å². The Labute approximate surface area is 217 Å². The Bertz CT molecular complexity index is 1450. The van der Waals surface area contributed by atoms with E-state index in [0.717, 1.165) is 0 Å². The van der Waals surface area contributed by atoms with E-state index in [1.165, 1.54) is 43.1 Å². The summed E-state index contributed by atoms with van der Waals surface area (Å²) in [5.74, 6) is 0. The Morgan fingerprint density at radius 3 is 1.83 bits per heavy atom. The molecule has 0 aliphatic carbocycles. The fourth-order valence-corrected chi connectivity index (χ4v) is 13.3. The molecule has 2 nitrogen and oxygen atoms in total. The molecular weight excluding hydrogens is 621 g/mol. The molecule has 0 saturated carbocycles. The van der Waals surface area contributed by atoms with Crippen molar-refractivity contribution in [2.24, 2.45) is 7.05 Å². The second-order valence-corrected chi connectivity index (χ2v) is 18.5. The van der Waals surface area contributed by atoms with E-state index in [-0.39, 0.29) is 5.41 Å². The van der Waals surface area contributed by atoms with Gasteiger partial charge in [-0.25, -0.2) is 0 Å². The summed E-state index contributed by atoms with van der Waals surface area (Å²) < 4.78 is 6.35. The van der Waals surface area contributed by atoms with Crippen molar-refractivity contribution in [3.63, 3.8) is 0 Å². The molecule has 0 N–H and O–H groups in total. The molecule has 1 heterocycles. The molecule has 0 radical (unpaired) electrons. The van der Waals surface area contributed by atoms with E-state index in [1.54, 1.807) is 0 Å². The summed E-state index contributed by atoms with van der Waals surface area (Å²) in [7, 11) is 2.12. The van der Waals surface area contributed by atoms with Crippen LogP contribution < -0.4 is 14.5 Å². The third-order valence-corrected chi connectivity index (χ3v) is 15.7. The predicted molar refractivity (Wildman–Crippen MR) is 149 cm³/mol. The van der Waals surface area contributed by atoms with Crippen LogP contribution >= 0.6 is 0 Å². The minimum absolute atomic E-state index is 0.0476. The summed E-state index contributed by atoms with van der Waals surface area (Å²) in [4.78, 5) is 5.03. The van der Waals surface area contributed by atoms with Gasteiger partial charge in [0.2, 0.25) is 0 Å². The van der Waals surface area contributed by atoms with Crippen molar-refractivity contribution in [3.05, 3.63) is 115 Å². The molecule has 174 valence electrons. The molecule has 0 aliphatic heterocycles. The maximum atomic E-state index is 5.03. The van der Waals surface area contributed by atoms with Gasteiger partial charge < -0.3 is 0 Å². The van der Waals surface area contributed by atoms with E-state index in [1.807, 2.05) is 6.33 Å². The molecule has 0 aliphatic rings. The molecule has 0 unspecified atom stereocenters. The fraction of sp³-hybridized carbons (Fsp3) is 0.188. The Morgan fingerprint density at radius 1 is 0.714 bits per heavy atom. The Balaban J connectivity index is 1.75. The zero-order valence-corrected chi connectivity index (χ0v) is 24.6. The van der Waals surface area contributed by atoms with Crippen molar-refractivity contribution in [2.75, 3.05) is 0 Å². The average Bonchev–Trinajstić information content (AvgIpc) is 2.86. The summed E-state index contributed by atoms with van der Waals surface area (Å²) in [5, 5.41) is 2.68. The zero-order chi connectivity index (χ0) is 24.6. The van der Waals surface area contributed by atoms with Gasteiger partial charge in [-0.15, -0.1) is 0 Å². The number of nitrogens with zero attached hydrogens (tertiary/aromatic N) is 2. The van der Waals surface area contributed by atoms with Crippen molar-refractivity contribution < 1.29 is 4.57 Å². The van der Waals surface area contributed by atoms with Gasteiger partial charge >= 0.3 is 218 Å². The number of aryl methyl sites for hydroxylation is 2. The van der Waals surface area contributed by atoms with E-state index in [9.17, 15) is 0 Å². The Kier molecular flexibility index (Phi) is 6.56. The van der Waals surface area contributed by atoms with E-state index >= 15 is 0 Å². The number of rotatable bonds is 4. The van der Waals surface area contributed by atoms with Crippen molar-refractivity contribution in [3.8, 4) is 11.3 Å². The quantitative estimate of drug-likeness (QED) is 0.200. The zero-order valence-electron chi connectivity index (χ0n) is 21.2.